The van der Waals surface area contributed by atoms with Crippen LogP contribution in [0.4, 0.5) is 10.1 Å². The van der Waals surface area contributed by atoms with Gasteiger partial charge in [-0.2, -0.15) is 0 Å². The van der Waals surface area contributed by atoms with Gasteiger partial charge in [-0.25, -0.2) is 4.39 Å². The molecule has 0 amide bonds. The Bertz CT molecular complexity index is 453. The van der Waals surface area contributed by atoms with Gasteiger partial charge in [0.05, 0.1) is 12.5 Å². The first-order valence-electron chi connectivity index (χ1n) is 6.49. The Hall–Kier alpha value is -1.62. The SMILES string of the molecule is CN1CCCN(c2cccc(F)c2)C(CC(=O)O)C1. The van der Waals surface area contributed by atoms with Crippen LogP contribution in [-0.2, 0) is 4.79 Å². The van der Waals surface area contributed by atoms with Gasteiger partial charge in [-0.1, -0.05) is 6.07 Å². The minimum absolute atomic E-state index is 0.0703. The average Bonchev–Trinajstić information content (AvgIpc) is 2.50. The average molecular weight is 266 g/mol. The normalized spacial score (nSPS) is 21.2. The van der Waals surface area contributed by atoms with Crippen LogP contribution in [0.3, 0.4) is 0 Å². The minimum atomic E-state index is -0.818. The second-order valence-corrected chi connectivity index (χ2v) is 5.04. The molecular weight excluding hydrogens is 247 g/mol. The van der Waals surface area contributed by atoms with Crippen LogP contribution < -0.4 is 4.90 Å². The third-order valence-corrected chi connectivity index (χ3v) is 3.45. The molecule has 1 aliphatic heterocycles. The fourth-order valence-electron chi connectivity index (χ4n) is 2.61. The highest BCUT2D eigenvalue weighted by molar-refractivity contribution is 5.68. The Morgan fingerprint density at radius 2 is 2.26 bits per heavy atom. The Kier molecular flexibility index (Phi) is 4.37. The van der Waals surface area contributed by atoms with Gasteiger partial charge >= 0.3 is 5.97 Å². The Labute approximate surface area is 112 Å². The topological polar surface area (TPSA) is 43.8 Å². The summed E-state index contributed by atoms with van der Waals surface area (Å²) in [7, 11) is 1.99. The molecule has 1 fully saturated rings. The summed E-state index contributed by atoms with van der Waals surface area (Å²) in [6, 6.07) is 6.26. The van der Waals surface area contributed by atoms with Gasteiger partial charge in [-0.15, -0.1) is 0 Å². The van der Waals surface area contributed by atoms with E-state index in [-0.39, 0.29) is 18.3 Å². The molecule has 1 unspecified atom stereocenters. The first-order valence-corrected chi connectivity index (χ1v) is 6.49. The van der Waals surface area contributed by atoms with E-state index >= 15 is 0 Å². The number of likely N-dealkylation sites (N-methyl/N-ethyl adjacent to an activating group) is 1. The van der Waals surface area contributed by atoms with Crippen LogP contribution in [0.5, 0.6) is 0 Å². The third kappa shape index (κ3) is 3.67. The quantitative estimate of drug-likeness (QED) is 0.906. The van der Waals surface area contributed by atoms with Crippen molar-refractivity contribution >= 4 is 11.7 Å². The zero-order valence-electron chi connectivity index (χ0n) is 11.1. The molecule has 4 nitrogen and oxygen atoms in total. The van der Waals surface area contributed by atoms with Crippen molar-refractivity contribution in [2.24, 2.45) is 0 Å². The van der Waals surface area contributed by atoms with Gasteiger partial charge in [0, 0.05) is 18.8 Å². The van der Waals surface area contributed by atoms with E-state index in [1.165, 1.54) is 12.1 Å². The first kappa shape index (κ1) is 13.8. The number of hydrogen-bond acceptors (Lipinski definition) is 3. The van der Waals surface area contributed by atoms with E-state index in [1.54, 1.807) is 6.07 Å². The smallest absolute Gasteiger partial charge is 0.305 e. The van der Waals surface area contributed by atoms with Crippen LogP contribution in [0.1, 0.15) is 12.8 Å². The van der Waals surface area contributed by atoms with Gasteiger partial charge in [0.25, 0.3) is 0 Å². The van der Waals surface area contributed by atoms with Crippen molar-refractivity contribution in [2.75, 3.05) is 31.6 Å². The van der Waals surface area contributed by atoms with Gasteiger partial charge in [0.2, 0.25) is 0 Å². The largest absolute Gasteiger partial charge is 0.481 e. The number of carboxylic acid groups (broad SMARTS) is 1. The molecule has 1 atom stereocenters. The summed E-state index contributed by atoms with van der Waals surface area (Å²) in [4.78, 5) is 15.2. The van der Waals surface area contributed by atoms with E-state index < -0.39 is 5.97 Å². The molecular formula is C14H19FN2O2. The molecule has 1 aromatic rings. The highest BCUT2D eigenvalue weighted by atomic mass is 19.1. The maximum Gasteiger partial charge on any atom is 0.305 e. The van der Waals surface area contributed by atoms with E-state index in [1.807, 2.05) is 18.0 Å². The van der Waals surface area contributed by atoms with E-state index in [9.17, 15) is 9.18 Å². The van der Waals surface area contributed by atoms with Crippen molar-refractivity contribution in [1.82, 2.24) is 4.90 Å². The fraction of sp³-hybridized carbons (Fsp3) is 0.500. The van der Waals surface area contributed by atoms with Gasteiger partial charge < -0.3 is 14.9 Å². The molecule has 0 aliphatic carbocycles. The number of hydrogen-bond donors (Lipinski definition) is 1. The summed E-state index contributed by atoms with van der Waals surface area (Å²) in [6.07, 6.45) is 1.02. The number of halogens is 1. The third-order valence-electron chi connectivity index (χ3n) is 3.45. The van der Waals surface area contributed by atoms with Crippen molar-refractivity contribution in [3.8, 4) is 0 Å². The highest BCUT2D eigenvalue weighted by Crippen LogP contribution is 2.22. The molecule has 0 aromatic heterocycles. The molecule has 0 saturated carbocycles. The summed E-state index contributed by atoms with van der Waals surface area (Å²) >= 11 is 0. The molecule has 1 aliphatic rings. The fourth-order valence-corrected chi connectivity index (χ4v) is 2.61. The lowest BCUT2D eigenvalue weighted by molar-refractivity contribution is -0.137. The van der Waals surface area contributed by atoms with Crippen LogP contribution in [0.15, 0.2) is 24.3 Å². The molecule has 1 heterocycles. The van der Waals surface area contributed by atoms with E-state index in [0.717, 1.165) is 25.2 Å². The van der Waals surface area contributed by atoms with Crippen LogP contribution >= 0.6 is 0 Å². The monoisotopic (exact) mass is 266 g/mol. The lowest BCUT2D eigenvalue weighted by Gasteiger charge is -2.32. The van der Waals surface area contributed by atoms with Gasteiger partial charge in [0.1, 0.15) is 5.82 Å². The van der Waals surface area contributed by atoms with Crippen molar-refractivity contribution in [2.45, 2.75) is 18.9 Å². The summed E-state index contributed by atoms with van der Waals surface area (Å²) < 4.78 is 13.3. The molecule has 1 saturated heterocycles. The number of carbonyl (C=O) groups is 1. The lowest BCUT2D eigenvalue weighted by Crippen LogP contribution is -2.41. The molecule has 1 N–H and O–H groups in total. The number of nitrogens with zero attached hydrogens (tertiary/aromatic N) is 2. The summed E-state index contributed by atoms with van der Waals surface area (Å²) in [5, 5.41) is 9.04. The van der Waals surface area contributed by atoms with Crippen molar-refractivity contribution in [3.05, 3.63) is 30.1 Å². The van der Waals surface area contributed by atoms with Gasteiger partial charge in [0.15, 0.2) is 0 Å². The molecule has 104 valence electrons. The number of carboxylic acids is 1. The number of aliphatic carboxylic acids is 1. The summed E-state index contributed by atoms with van der Waals surface area (Å²) in [5.74, 6) is -1.11. The Morgan fingerprint density at radius 3 is 2.95 bits per heavy atom. The maximum absolute atomic E-state index is 13.3. The second kappa shape index (κ2) is 6.02. The molecule has 2 rings (SSSR count). The zero-order chi connectivity index (χ0) is 13.8. The molecule has 19 heavy (non-hydrogen) atoms. The Morgan fingerprint density at radius 1 is 1.47 bits per heavy atom. The Balaban J connectivity index is 2.24. The van der Waals surface area contributed by atoms with Crippen LogP contribution in [-0.4, -0.2) is 48.7 Å². The highest BCUT2D eigenvalue weighted by Gasteiger charge is 2.25. The number of anilines is 1. The van der Waals surface area contributed by atoms with Crippen LogP contribution in [0.2, 0.25) is 0 Å². The molecule has 5 heteroatoms. The number of benzene rings is 1. The predicted molar refractivity (Wildman–Crippen MR) is 71.9 cm³/mol. The van der Waals surface area contributed by atoms with E-state index in [4.69, 9.17) is 5.11 Å². The molecule has 0 bridgehead atoms. The van der Waals surface area contributed by atoms with Gasteiger partial charge in [-0.05, 0) is 38.2 Å². The predicted octanol–water partition coefficient (Wildman–Crippen LogP) is 1.81. The second-order valence-electron chi connectivity index (χ2n) is 5.04. The van der Waals surface area contributed by atoms with E-state index in [2.05, 4.69) is 4.90 Å². The summed E-state index contributed by atoms with van der Waals surface area (Å²) in [5.41, 5.74) is 0.765. The minimum Gasteiger partial charge on any atom is -0.481 e. The molecule has 0 spiro atoms. The number of rotatable bonds is 3. The van der Waals surface area contributed by atoms with Crippen molar-refractivity contribution < 1.29 is 14.3 Å². The maximum atomic E-state index is 13.3. The zero-order valence-corrected chi connectivity index (χ0v) is 11.1. The van der Waals surface area contributed by atoms with Crippen LogP contribution in [0.25, 0.3) is 0 Å². The van der Waals surface area contributed by atoms with Crippen molar-refractivity contribution in [1.29, 1.82) is 0 Å². The first-order chi connectivity index (χ1) is 9.06. The summed E-state index contributed by atoms with van der Waals surface area (Å²) in [6.45, 7) is 2.37. The van der Waals surface area contributed by atoms with Gasteiger partial charge in [-0.3, -0.25) is 4.79 Å². The lowest BCUT2D eigenvalue weighted by atomic mass is 10.1. The molecule has 1 aromatic carbocycles. The van der Waals surface area contributed by atoms with Crippen molar-refractivity contribution in [3.63, 3.8) is 0 Å². The van der Waals surface area contributed by atoms with E-state index in [0.29, 0.717) is 6.54 Å². The van der Waals surface area contributed by atoms with Crippen LogP contribution in [0, 0.1) is 5.82 Å². The molecule has 0 radical (unpaired) electrons. The standard InChI is InChI=1S/C14H19FN2O2/c1-16-6-3-7-17(13(10-16)9-14(18)19)12-5-2-4-11(15)8-12/h2,4-5,8,13H,3,6-7,9-10H2,1H3,(H,18,19).